The topological polar surface area (TPSA) is 78.8 Å². The maximum Gasteiger partial charge on any atom is 0.259 e. The Morgan fingerprint density at radius 1 is 1.20 bits per heavy atom. The van der Waals surface area contributed by atoms with E-state index in [1.54, 1.807) is 35.5 Å². The van der Waals surface area contributed by atoms with Gasteiger partial charge in [0.2, 0.25) is 5.88 Å². The van der Waals surface area contributed by atoms with Crippen LogP contribution in [0.4, 0.5) is 4.39 Å². The number of likely N-dealkylation sites (N-methyl/N-ethyl adjacent to an activating group) is 1. The number of aliphatic hydroxyl groups excluding tert-OH is 1. The predicted octanol–water partition coefficient (Wildman–Crippen LogP) is 3.63. The maximum atomic E-state index is 13.8. The van der Waals surface area contributed by atoms with Crippen LogP contribution >= 0.6 is 0 Å². The third-order valence-corrected chi connectivity index (χ3v) is 6.33. The molecule has 8 heteroatoms. The largest absolute Gasteiger partial charge is 0.472 e. The lowest BCUT2D eigenvalue weighted by Crippen LogP contribution is -2.49. The number of fused-ring (bicyclic) bond motifs is 1. The van der Waals surface area contributed by atoms with Gasteiger partial charge in [0.05, 0.1) is 18.3 Å². The quantitative estimate of drug-likeness (QED) is 0.559. The minimum atomic E-state index is -0.374. The highest BCUT2D eigenvalue weighted by molar-refractivity contribution is 5.98. The van der Waals surface area contributed by atoms with Crippen molar-refractivity contribution >= 4 is 5.91 Å². The summed E-state index contributed by atoms with van der Waals surface area (Å²) in [5, 5.41) is 9.84. The van der Waals surface area contributed by atoms with Gasteiger partial charge in [0.1, 0.15) is 17.5 Å². The summed E-state index contributed by atoms with van der Waals surface area (Å²) in [6.45, 7) is 5.37. The first-order chi connectivity index (χ1) is 16.9. The number of nitrogens with zero attached hydrogens (tertiary/aromatic N) is 4. The monoisotopic (exact) mass is 478 g/mol. The number of benzene rings is 1. The van der Waals surface area contributed by atoms with Gasteiger partial charge in [0.25, 0.3) is 5.91 Å². The van der Waals surface area contributed by atoms with Gasteiger partial charge in [-0.15, -0.1) is 0 Å². The van der Waals surface area contributed by atoms with Crippen LogP contribution in [0.1, 0.15) is 29.9 Å². The average molecular weight is 479 g/mol. The number of aliphatic hydroxyl groups is 1. The number of hydrogen-bond donors (Lipinski definition) is 1. The van der Waals surface area contributed by atoms with E-state index in [1.165, 1.54) is 12.1 Å². The SMILES string of the molecule is C[C@H](CO)N1C[C@H](C)[C@H](CN(C)Cc2ccccn2)Oc2ncc(-c3cccc(F)c3)cc2C1=O. The van der Waals surface area contributed by atoms with Crippen molar-refractivity contribution in [3.8, 4) is 17.0 Å². The summed E-state index contributed by atoms with van der Waals surface area (Å²) in [7, 11) is 2.00. The molecule has 3 heterocycles. The molecule has 0 radical (unpaired) electrons. The van der Waals surface area contributed by atoms with Crippen molar-refractivity contribution in [1.29, 1.82) is 0 Å². The number of rotatable bonds is 7. The van der Waals surface area contributed by atoms with Crippen molar-refractivity contribution in [3.05, 3.63) is 78.0 Å². The molecule has 1 aliphatic heterocycles. The normalized spacial score (nSPS) is 19.0. The minimum Gasteiger partial charge on any atom is -0.472 e. The molecular weight excluding hydrogens is 447 g/mol. The Bertz CT molecular complexity index is 1160. The van der Waals surface area contributed by atoms with E-state index >= 15 is 0 Å². The molecule has 184 valence electrons. The molecule has 0 bridgehead atoms. The zero-order valence-corrected chi connectivity index (χ0v) is 20.3. The third-order valence-electron chi connectivity index (χ3n) is 6.33. The molecule has 0 saturated carbocycles. The van der Waals surface area contributed by atoms with E-state index in [2.05, 4.69) is 14.9 Å². The second-order valence-corrected chi connectivity index (χ2v) is 9.23. The van der Waals surface area contributed by atoms with E-state index in [0.29, 0.717) is 36.3 Å². The zero-order chi connectivity index (χ0) is 24.9. The van der Waals surface area contributed by atoms with E-state index in [9.17, 15) is 14.3 Å². The molecule has 3 aromatic rings. The molecule has 0 spiro atoms. The lowest BCUT2D eigenvalue weighted by molar-refractivity contribution is 0.0324. The van der Waals surface area contributed by atoms with E-state index in [-0.39, 0.29) is 42.3 Å². The number of halogens is 1. The first kappa shape index (κ1) is 24.8. The standard InChI is InChI=1S/C27H31FN4O3/c1-18-14-32(19(2)17-33)27(34)24-12-21(20-7-6-8-22(28)11-20)13-30-26(24)35-25(18)16-31(3)15-23-9-4-5-10-29-23/h4-13,18-19,25,33H,14-17H2,1-3H3/t18-,19+,25-/m0/s1. The van der Waals surface area contributed by atoms with Crippen LogP contribution in [0.5, 0.6) is 5.88 Å². The van der Waals surface area contributed by atoms with E-state index in [4.69, 9.17) is 4.74 Å². The van der Waals surface area contributed by atoms with Crippen molar-refractivity contribution in [1.82, 2.24) is 19.8 Å². The summed E-state index contributed by atoms with van der Waals surface area (Å²) in [6.07, 6.45) is 3.12. The number of pyridine rings is 2. The molecule has 3 atom stereocenters. The first-order valence-electron chi connectivity index (χ1n) is 11.8. The van der Waals surface area contributed by atoms with Crippen LogP contribution in [0.3, 0.4) is 0 Å². The maximum absolute atomic E-state index is 13.8. The molecular formula is C27H31FN4O3. The lowest BCUT2D eigenvalue weighted by atomic mass is 9.99. The minimum absolute atomic E-state index is 0.0167. The van der Waals surface area contributed by atoms with Gasteiger partial charge in [0, 0.05) is 43.5 Å². The van der Waals surface area contributed by atoms with Crippen LogP contribution < -0.4 is 4.74 Å². The molecule has 0 fully saturated rings. The fourth-order valence-electron chi connectivity index (χ4n) is 4.29. The molecule has 0 aliphatic carbocycles. The van der Waals surface area contributed by atoms with E-state index in [0.717, 1.165) is 5.69 Å². The summed E-state index contributed by atoms with van der Waals surface area (Å²) in [5.74, 6) is -0.401. The van der Waals surface area contributed by atoms with Gasteiger partial charge >= 0.3 is 0 Å². The van der Waals surface area contributed by atoms with Crippen molar-refractivity contribution in [2.75, 3.05) is 26.7 Å². The Kier molecular flexibility index (Phi) is 7.73. The molecule has 7 nitrogen and oxygen atoms in total. The van der Waals surface area contributed by atoms with Gasteiger partial charge in [-0.3, -0.25) is 14.7 Å². The molecule has 0 saturated heterocycles. The average Bonchev–Trinajstić information content (AvgIpc) is 2.86. The lowest BCUT2D eigenvalue weighted by Gasteiger charge is -2.37. The number of ether oxygens (including phenoxy) is 1. The second-order valence-electron chi connectivity index (χ2n) is 9.23. The second kappa shape index (κ2) is 10.9. The van der Waals surface area contributed by atoms with Crippen LogP contribution in [-0.2, 0) is 6.54 Å². The van der Waals surface area contributed by atoms with Gasteiger partial charge in [-0.25, -0.2) is 9.37 Å². The van der Waals surface area contributed by atoms with Crippen molar-refractivity contribution < 1.29 is 19.0 Å². The molecule has 0 unspecified atom stereocenters. The Morgan fingerprint density at radius 2 is 2.03 bits per heavy atom. The Hall–Kier alpha value is -3.36. The highest BCUT2D eigenvalue weighted by Gasteiger charge is 2.34. The summed E-state index contributed by atoms with van der Waals surface area (Å²) in [5.41, 5.74) is 2.50. The Labute approximate surface area is 205 Å². The van der Waals surface area contributed by atoms with Gasteiger partial charge in [-0.1, -0.05) is 25.1 Å². The fraction of sp³-hybridized carbons (Fsp3) is 0.370. The zero-order valence-electron chi connectivity index (χ0n) is 20.3. The summed E-state index contributed by atoms with van der Waals surface area (Å²) in [4.78, 5) is 26.3. The van der Waals surface area contributed by atoms with E-state index in [1.807, 2.05) is 39.1 Å². The predicted molar refractivity (Wildman–Crippen MR) is 131 cm³/mol. The molecule has 2 aromatic heterocycles. The third kappa shape index (κ3) is 5.83. The highest BCUT2D eigenvalue weighted by atomic mass is 19.1. The van der Waals surface area contributed by atoms with Gasteiger partial charge < -0.3 is 14.7 Å². The number of carbonyl (C=O) groups is 1. The summed E-state index contributed by atoms with van der Waals surface area (Å²) >= 11 is 0. The first-order valence-corrected chi connectivity index (χ1v) is 11.8. The van der Waals surface area contributed by atoms with Crippen LogP contribution in [0.25, 0.3) is 11.1 Å². The smallest absolute Gasteiger partial charge is 0.259 e. The molecule has 1 aliphatic rings. The van der Waals surface area contributed by atoms with Gasteiger partial charge in [-0.05, 0) is 49.9 Å². The van der Waals surface area contributed by atoms with Gasteiger partial charge in [-0.2, -0.15) is 0 Å². The van der Waals surface area contributed by atoms with Crippen LogP contribution in [0, 0.1) is 11.7 Å². The van der Waals surface area contributed by atoms with Crippen LogP contribution in [0.2, 0.25) is 0 Å². The molecule has 1 aromatic carbocycles. The highest BCUT2D eigenvalue weighted by Crippen LogP contribution is 2.30. The molecule has 1 N–H and O–H groups in total. The van der Waals surface area contributed by atoms with Crippen molar-refractivity contribution in [2.45, 2.75) is 32.5 Å². The summed E-state index contributed by atoms with van der Waals surface area (Å²) in [6, 6.07) is 13.3. The number of carbonyl (C=O) groups excluding carboxylic acids is 1. The Morgan fingerprint density at radius 3 is 2.74 bits per heavy atom. The molecule has 4 rings (SSSR count). The molecule has 35 heavy (non-hydrogen) atoms. The van der Waals surface area contributed by atoms with Crippen LogP contribution in [-0.4, -0.2) is 69.7 Å². The van der Waals surface area contributed by atoms with E-state index < -0.39 is 0 Å². The van der Waals surface area contributed by atoms with Crippen LogP contribution in [0.15, 0.2) is 60.9 Å². The number of aromatic nitrogens is 2. The Balaban J connectivity index is 1.66. The fourth-order valence-corrected chi connectivity index (χ4v) is 4.29. The summed E-state index contributed by atoms with van der Waals surface area (Å²) < 4.78 is 20.2. The van der Waals surface area contributed by atoms with Crippen molar-refractivity contribution in [2.24, 2.45) is 5.92 Å². The number of amides is 1. The number of hydrogen-bond acceptors (Lipinski definition) is 6. The van der Waals surface area contributed by atoms with Crippen molar-refractivity contribution in [3.63, 3.8) is 0 Å². The molecule has 1 amide bonds. The van der Waals surface area contributed by atoms with Gasteiger partial charge in [0.15, 0.2) is 0 Å².